The molecule has 6 heteroatoms. The summed E-state index contributed by atoms with van der Waals surface area (Å²) < 4.78 is 1.96. The van der Waals surface area contributed by atoms with Crippen LogP contribution in [0.4, 0.5) is 5.69 Å². The van der Waals surface area contributed by atoms with Gasteiger partial charge in [-0.05, 0) is 24.3 Å². The molecule has 3 heterocycles. The Labute approximate surface area is 132 Å². The van der Waals surface area contributed by atoms with Gasteiger partial charge < -0.3 is 14.9 Å². The Hall–Kier alpha value is -3.28. The van der Waals surface area contributed by atoms with Crippen LogP contribution in [0.2, 0.25) is 0 Å². The van der Waals surface area contributed by atoms with Crippen molar-refractivity contribution >= 4 is 22.5 Å². The third kappa shape index (κ3) is 2.30. The van der Waals surface area contributed by atoms with Crippen LogP contribution >= 0.6 is 0 Å². The topological polar surface area (TPSA) is 78.5 Å². The number of carbonyl (C=O) groups is 1. The van der Waals surface area contributed by atoms with Gasteiger partial charge in [0.25, 0.3) is 5.91 Å². The first-order valence-electron chi connectivity index (χ1n) is 7.27. The van der Waals surface area contributed by atoms with Crippen molar-refractivity contribution in [3.63, 3.8) is 0 Å². The normalized spacial score (nSPS) is 11.0. The number of fused-ring (bicyclic) bond motifs is 1. The van der Waals surface area contributed by atoms with Crippen LogP contribution in [0.1, 0.15) is 10.5 Å². The summed E-state index contributed by atoms with van der Waals surface area (Å²) in [6, 6.07) is 13.5. The van der Waals surface area contributed by atoms with Crippen molar-refractivity contribution in [3.8, 4) is 11.4 Å². The summed E-state index contributed by atoms with van der Waals surface area (Å²) in [6.45, 7) is 0. The Bertz CT molecular complexity index is 991. The zero-order valence-electron chi connectivity index (χ0n) is 12.5. The van der Waals surface area contributed by atoms with E-state index in [1.165, 1.54) is 0 Å². The molecule has 0 bridgehead atoms. The third-order valence-corrected chi connectivity index (χ3v) is 3.87. The van der Waals surface area contributed by atoms with E-state index in [0.29, 0.717) is 5.69 Å². The second-order valence-corrected chi connectivity index (χ2v) is 5.37. The molecule has 0 saturated heterocycles. The van der Waals surface area contributed by atoms with Crippen molar-refractivity contribution in [2.75, 3.05) is 5.32 Å². The molecule has 23 heavy (non-hydrogen) atoms. The molecule has 0 atom stereocenters. The number of anilines is 1. The number of carbonyl (C=O) groups excluding carboxylic acids is 1. The first kappa shape index (κ1) is 13.4. The van der Waals surface area contributed by atoms with Gasteiger partial charge in [0, 0.05) is 30.3 Å². The van der Waals surface area contributed by atoms with Crippen LogP contribution in [0.25, 0.3) is 22.3 Å². The number of hydrogen-bond acceptors (Lipinski definition) is 2. The maximum Gasteiger partial charge on any atom is 0.273 e. The van der Waals surface area contributed by atoms with Gasteiger partial charge in [0.2, 0.25) is 0 Å². The number of amides is 1. The van der Waals surface area contributed by atoms with E-state index in [1.807, 2.05) is 54.2 Å². The molecule has 0 radical (unpaired) electrons. The van der Waals surface area contributed by atoms with E-state index < -0.39 is 0 Å². The average Bonchev–Trinajstić information content (AvgIpc) is 3.27. The van der Waals surface area contributed by atoms with Crippen LogP contribution < -0.4 is 5.32 Å². The molecule has 6 nitrogen and oxygen atoms in total. The number of para-hydroxylation sites is 1. The van der Waals surface area contributed by atoms with Gasteiger partial charge in [-0.1, -0.05) is 18.2 Å². The van der Waals surface area contributed by atoms with Gasteiger partial charge in [-0.3, -0.25) is 9.89 Å². The van der Waals surface area contributed by atoms with Crippen molar-refractivity contribution < 1.29 is 4.79 Å². The van der Waals surface area contributed by atoms with Gasteiger partial charge in [0.05, 0.1) is 11.4 Å². The second kappa shape index (κ2) is 5.17. The fraction of sp³-hybridized carbons (Fsp3) is 0.0588. The van der Waals surface area contributed by atoms with E-state index in [-0.39, 0.29) is 5.91 Å². The standard InChI is InChI=1S/C17H15N5O/c1-22-8-4-7-16(22)13-9-14(21-20-13)17(23)19-15-10-18-12-6-3-2-5-11(12)15/h2-10,18H,1H3,(H,19,23)(H,20,21). The van der Waals surface area contributed by atoms with E-state index in [1.54, 1.807) is 12.3 Å². The third-order valence-electron chi connectivity index (χ3n) is 3.87. The molecular formula is C17H15N5O. The molecule has 1 amide bonds. The van der Waals surface area contributed by atoms with E-state index in [9.17, 15) is 4.79 Å². The molecule has 0 aliphatic heterocycles. The molecule has 0 spiro atoms. The Morgan fingerprint density at radius 1 is 1.22 bits per heavy atom. The molecule has 4 aromatic rings. The fourth-order valence-electron chi connectivity index (χ4n) is 2.66. The number of nitrogens with one attached hydrogen (secondary N) is 3. The van der Waals surface area contributed by atoms with Crippen molar-refractivity contribution in [3.05, 3.63) is 60.6 Å². The number of nitrogens with zero attached hydrogens (tertiary/aromatic N) is 2. The van der Waals surface area contributed by atoms with E-state index >= 15 is 0 Å². The largest absolute Gasteiger partial charge is 0.359 e. The van der Waals surface area contributed by atoms with Crippen molar-refractivity contribution in [2.24, 2.45) is 7.05 Å². The van der Waals surface area contributed by atoms with Crippen LogP contribution in [0.3, 0.4) is 0 Å². The fourth-order valence-corrected chi connectivity index (χ4v) is 2.66. The highest BCUT2D eigenvalue weighted by Gasteiger charge is 2.14. The highest BCUT2D eigenvalue weighted by Crippen LogP contribution is 2.23. The minimum absolute atomic E-state index is 0.220. The molecule has 114 valence electrons. The van der Waals surface area contributed by atoms with Gasteiger partial charge >= 0.3 is 0 Å². The Kier molecular flexibility index (Phi) is 3.01. The zero-order chi connectivity index (χ0) is 15.8. The summed E-state index contributed by atoms with van der Waals surface area (Å²) in [5.41, 5.74) is 3.85. The van der Waals surface area contributed by atoms with Crippen LogP contribution in [0.5, 0.6) is 0 Å². The van der Waals surface area contributed by atoms with Gasteiger partial charge in [-0.2, -0.15) is 5.10 Å². The van der Waals surface area contributed by atoms with Gasteiger partial charge in [-0.25, -0.2) is 0 Å². The second-order valence-electron chi connectivity index (χ2n) is 5.37. The first-order chi connectivity index (χ1) is 11.2. The molecule has 0 saturated carbocycles. The van der Waals surface area contributed by atoms with Crippen LogP contribution in [0, 0.1) is 0 Å². The first-order valence-corrected chi connectivity index (χ1v) is 7.27. The van der Waals surface area contributed by atoms with Crippen molar-refractivity contribution in [2.45, 2.75) is 0 Å². The lowest BCUT2D eigenvalue weighted by Crippen LogP contribution is -2.11. The minimum atomic E-state index is -0.220. The number of aromatic nitrogens is 4. The lowest BCUT2D eigenvalue weighted by Gasteiger charge is -2.01. The number of benzene rings is 1. The Morgan fingerprint density at radius 2 is 2.09 bits per heavy atom. The summed E-state index contributed by atoms with van der Waals surface area (Å²) >= 11 is 0. The SMILES string of the molecule is Cn1cccc1-c1cc(C(=O)Nc2c[nH]c3ccccc23)[nH]n1. The Morgan fingerprint density at radius 3 is 2.91 bits per heavy atom. The van der Waals surface area contributed by atoms with Crippen LogP contribution in [-0.4, -0.2) is 25.7 Å². The summed E-state index contributed by atoms with van der Waals surface area (Å²) in [6.07, 6.45) is 3.73. The molecule has 4 rings (SSSR count). The molecule has 0 aliphatic carbocycles. The Balaban J connectivity index is 1.60. The molecule has 1 aromatic carbocycles. The van der Waals surface area contributed by atoms with Gasteiger partial charge in [-0.15, -0.1) is 0 Å². The lowest BCUT2D eigenvalue weighted by atomic mass is 10.2. The number of hydrogen-bond donors (Lipinski definition) is 3. The van der Waals surface area contributed by atoms with Crippen LogP contribution in [-0.2, 0) is 7.05 Å². The maximum atomic E-state index is 12.4. The summed E-state index contributed by atoms with van der Waals surface area (Å²) in [5.74, 6) is -0.220. The predicted molar refractivity (Wildman–Crippen MR) is 89.2 cm³/mol. The number of aryl methyl sites for hydroxylation is 1. The smallest absolute Gasteiger partial charge is 0.273 e. The average molecular weight is 305 g/mol. The molecular weight excluding hydrogens is 290 g/mol. The van der Waals surface area contributed by atoms with Gasteiger partial charge in [0.15, 0.2) is 0 Å². The molecule has 3 N–H and O–H groups in total. The minimum Gasteiger partial charge on any atom is -0.359 e. The maximum absolute atomic E-state index is 12.4. The highest BCUT2D eigenvalue weighted by molar-refractivity contribution is 6.08. The predicted octanol–water partition coefficient (Wildman–Crippen LogP) is 3.15. The molecule has 0 fully saturated rings. The highest BCUT2D eigenvalue weighted by atomic mass is 16.1. The van der Waals surface area contributed by atoms with Crippen molar-refractivity contribution in [1.82, 2.24) is 19.7 Å². The molecule has 3 aromatic heterocycles. The van der Waals surface area contributed by atoms with E-state index in [0.717, 1.165) is 28.0 Å². The van der Waals surface area contributed by atoms with Gasteiger partial charge in [0.1, 0.15) is 11.4 Å². The number of rotatable bonds is 3. The number of aromatic amines is 2. The van der Waals surface area contributed by atoms with E-state index in [2.05, 4.69) is 20.5 Å². The van der Waals surface area contributed by atoms with E-state index in [4.69, 9.17) is 0 Å². The number of H-pyrrole nitrogens is 2. The zero-order valence-corrected chi connectivity index (χ0v) is 12.5. The quantitative estimate of drug-likeness (QED) is 0.543. The summed E-state index contributed by atoms with van der Waals surface area (Å²) in [7, 11) is 1.94. The van der Waals surface area contributed by atoms with Crippen molar-refractivity contribution in [1.29, 1.82) is 0 Å². The monoisotopic (exact) mass is 305 g/mol. The summed E-state index contributed by atoms with van der Waals surface area (Å²) in [4.78, 5) is 15.6. The lowest BCUT2D eigenvalue weighted by molar-refractivity contribution is 0.102. The molecule has 0 aliphatic rings. The summed E-state index contributed by atoms with van der Waals surface area (Å²) in [5, 5.41) is 10.9. The molecule has 0 unspecified atom stereocenters. The van der Waals surface area contributed by atoms with Crippen LogP contribution in [0.15, 0.2) is 54.9 Å².